The lowest BCUT2D eigenvalue weighted by Gasteiger charge is -2.33. The molecule has 12 heteroatoms. The van der Waals surface area contributed by atoms with Crippen molar-refractivity contribution in [3.63, 3.8) is 0 Å². The zero-order valence-corrected chi connectivity index (χ0v) is 23.8. The molecule has 3 heterocycles. The Bertz CT molecular complexity index is 1620. The third-order valence-corrected chi connectivity index (χ3v) is 9.53. The van der Waals surface area contributed by atoms with Crippen molar-refractivity contribution < 1.29 is 22.7 Å². The molecule has 0 unspecified atom stereocenters. The summed E-state index contributed by atoms with van der Waals surface area (Å²) >= 11 is 1.43. The second kappa shape index (κ2) is 11.7. The molecule has 1 fully saturated rings. The molecule has 0 atom stereocenters. The maximum absolute atomic E-state index is 13.8. The molecule has 10 nitrogen and oxygen atoms in total. The predicted molar refractivity (Wildman–Crippen MR) is 153 cm³/mol. The van der Waals surface area contributed by atoms with Crippen LogP contribution in [0.3, 0.4) is 0 Å². The fraction of sp³-hybridized carbons (Fsp3) is 0.286. The lowest BCUT2D eigenvalue weighted by atomic mass is 10.2. The molecule has 1 saturated heterocycles. The van der Waals surface area contributed by atoms with Gasteiger partial charge in [0.2, 0.25) is 10.0 Å². The van der Waals surface area contributed by atoms with Crippen LogP contribution in [-0.2, 0) is 21.3 Å². The number of carbonyl (C=O) groups is 2. The highest BCUT2D eigenvalue weighted by Gasteiger charge is 2.31. The van der Waals surface area contributed by atoms with Crippen LogP contribution in [0.25, 0.3) is 10.2 Å². The van der Waals surface area contributed by atoms with E-state index in [4.69, 9.17) is 9.72 Å². The van der Waals surface area contributed by atoms with Crippen LogP contribution < -0.4 is 4.90 Å². The number of sulfonamides is 1. The number of hydrogen-bond acceptors (Lipinski definition) is 8. The molecule has 40 heavy (non-hydrogen) atoms. The van der Waals surface area contributed by atoms with E-state index in [9.17, 15) is 18.0 Å². The molecule has 0 radical (unpaired) electrons. The number of aromatic nitrogens is 2. The number of piperazine rings is 1. The van der Waals surface area contributed by atoms with Gasteiger partial charge in [-0.15, -0.1) is 0 Å². The van der Waals surface area contributed by atoms with Gasteiger partial charge in [-0.05, 0) is 67.4 Å². The Labute approximate surface area is 236 Å². The number of fused-ring (bicyclic) bond motifs is 1. The Hall–Kier alpha value is -3.87. The van der Waals surface area contributed by atoms with Crippen molar-refractivity contribution in [3.8, 4) is 0 Å². The first kappa shape index (κ1) is 27.7. The van der Waals surface area contributed by atoms with Crippen molar-refractivity contribution in [2.45, 2.75) is 25.3 Å². The monoisotopic (exact) mass is 579 g/mol. The number of aryl methyl sites for hydroxylation is 1. The van der Waals surface area contributed by atoms with E-state index in [0.29, 0.717) is 10.7 Å². The molecule has 0 N–H and O–H groups in total. The van der Waals surface area contributed by atoms with Gasteiger partial charge in [-0.2, -0.15) is 4.31 Å². The van der Waals surface area contributed by atoms with Gasteiger partial charge in [-0.1, -0.05) is 23.5 Å². The Morgan fingerprint density at radius 1 is 1.05 bits per heavy atom. The average molecular weight is 580 g/mol. The van der Waals surface area contributed by atoms with Crippen molar-refractivity contribution in [1.29, 1.82) is 0 Å². The largest absolute Gasteiger partial charge is 0.450 e. The summed E-state index contributed by atoms with van der Waals surface area (Å²) in [5, 5.41) is 0.547. The highest BCUT2D eigenvalue weighted by molar-refractivity contribution is 7.89. The third kappa shape index (κ3) is 5.83. The molecule has 0 aliphatic carbocycles. The molecular weight excluding hydrogens is 550 g/mol. The number of amides is 2. The molecule has 0 bridgehead atoms. The number of anilines is 1. The molecule has 208 valence electrons. The van der Waals surface area contributed by atoms with Gasteiger partial charge in [0.05, 0.1) is 28.3 Å². The number of ether oxygens (including phenoxy) is 1. The minimum atomic E-state index is -3.80. The number of nitrogens with zero attached hydrogens (tertiary/aromatic N) is 5. The zero-order valence-electron chi connectivity index (χ0n) is 22.2. The maximum Gasteiger partial charge on any atom is 0.409 e. The summed E-state index contributed by atoms with van der Waals surface area (Å²) in [4.78, 5) is 37.8. The van der Waals surface area contributed by atoms with Gasteiger partial charge in [-0.25, -0.2) is 18.2 Å². The van der Waals surface area contributed by atoms with Crippen LogP contribution in [0.2, 0.25) is 0 Å². The summed E-state index contributed by atoms with van der Waals surface area (Å²) in [6, 6.07) is 15.6. The first-order valence-corrected chi connectivity index (χ1v) is 15.1. The van der Waals surface area contributed by atoms with E-state index in [1.165, 1.54) is 44.8 Å². The van der Waals surface area contributed by atoms with Gasteiger partial charge in [0, 0.05) is 44.1 Å². The smallest absolute Gasteiger partial charge is 0.409 e. The molecule has 2 amide bonds. The molecule has 1 aliphatic heterocycles. The predicted octanol–water partition coefficient (Wildman–Crippen LogP) is 4.31. The van der Waals surface area contributed by atoms with Crippen LogP contribution >= 0.6 is 11.3 Å². The second-order valence-electron chi connectivity index (χ2n) is 9.33. The molecule has 0 spiro atoms. The SMILES string of the molecule is CCOC(=O)N1CCN(S(=O)(=O)c2ccc(C(=O)N(Cc3cccnc3)c3nc4ccc(C)cc4s3)cc2)CC1. The zero-order chi connectivity index (χ0) is 28.3. The molecular formula is C28H29N5O5S2. The Kier molecular flexibility index (Phi) is 8.10. The van der Waals surface area contributed by atoms with Gasteiger partial charge in [-0.3, -0.25) is 14.7 Å². The van der Waals surface area contributed by atoms with Crippen LogP contribution in [0.15, 0.2) is 71.9 Å². The Morgan fingerprint density at radius 2 is 1.80 bits per heavy atom. The number of rotatable bonds is 7. The second-order valence-corrected chi connectivity index (χ2v) is 12.3. The summed E-state index contributed by atoms with van der Waals surface area (Å²) in [6.07, 6.45) is 2.93. The van der Waals surface area contributed by atoms with Gasteiger partial charge < -0.3 is 9.64 Å². The minimum absolute atomic E-state index is 0.0860. The topological polar surface area (TPSA) is 113 Å². The van der Waals surface area contributed by atoms with Crippen molar-refractivity contribution in [2.24, 2.45) is 0 Å². The van der Waals surface area contributed by atoms with Crippen LogP contribution in [0.4, 0.5) is 9.93 Å². The minimum Gasteiger partial charge on any atom is -0.450 e. The highest BCUT2D eigenvalue weighted by atomic mass is 32.2. The van der Waals surface area contributed by atoms with E-state index in [-0.39, 0.29) is 50.1 Å². The highest BCUT2D eigenvalue weighted by Crippen LogP contribution is 2.31. The van der Waals surface area contributed by atoms with Crippen molar-refractivity contribution >= 4 is 48.7 Å². The van der Waals surface area contributed by atoms with Crippen molar-refractivity contribution in [2.75, 3.05) is 37.7 Å². The number of thiazole rings is 1. The van der Waals surface area contributed by atoms with Crippen LogP contribution in [0.1, 0.15) is 28.4 Å². The van der Waals surface area contributed by atoms with Crippen LogP contribution in [0.5, 0.6) is 0 Å². The standard InChI is InChI=1S/C28H29N5O5S2/c1-3-38-28(35)31-13-15-32(16-14-31)40(36,37)23-9-7-22(8-10-23)26(34)33(19-21-5-4-12-29-18-21)27-30-24-11-6-20(2)17-25(24)39-27/h4-12,17-18H,3,13-16,19H2,1-2H3. The average Bonchev–Trinajstić information content (AvgIpc) is 3.39. The number of carbonyl (C=O) groups excluding carboxylic acids is 2. The number of benzene rings is 2. The Balaban J connectivity index is 1.37. The van der Waals surface area contributed by atoms with Gasteiger partial charge in [0.15, 0.2) is 5.13 Å². The molecule has 5 rings (SSSR count). The van der Waals surface area contributed by atoms with Crippen molar-refractivity contribution in [3.05, 3.63) is 83.7 Å². The molecule has 0 saturated carbocycles. The van der Waals surface area contributed by atoms with Crippen molar-refractivity contribution in [1.82, 2.24) is 19.2 Å². The van der Waals surface area contributed by atoms with E-state index in [0.717, 1.165) is 21.3 Å². The van der Waals surface area contributed by atoms with Gasteiger partial charge in [0.25, 0.3) is 5.91 Å². The summed E-state index contributed by atoms with van der Waals surface area (Å²) in [6.45, 7) is 5.09. The summed E-state index contributed by atoms with van der Waals surface area (Å²) in [5.74, 6) is -0.299. The Morgan fingerprint density at radius 3 is 2.48 bits per heavy atom. The molecule has 4 aromatic rings. The first-order valence-electron chi connectivity index (χ1n) is 12.9. The van der Waals surface area contributed by atoms with E-state index in [1.807, 2.05) is 37.3 Å². The fourth-order valence-electron chi connectivity index (χ4n) is 4.44. The van der Waals surface area contributed by atoms with E-state index in [2.05, 4.69) is 4.98 Å². The van der Waals surface area contributed by atoms with Crippen LogP contribution in [0, 0.1) is 6.92 Å². The van der Waals surface area contributed by atoms with E-state index < -0.39 is 16.1 Å². The van der Waals surface area contributed by atoms with E-state index >= 15 is 0 Å². The summed E-state index contributed by atoms with van der Waals surface area (Å²) in [7, 11) is -3.80. The summed E-state index contributed by atoms with van der Waals surface area (Å²) in [5.41, 5.74) is 3.09. The normalized spacial score (nSPS) is 14.3. The molecule has 1 aliphatic rings. The number of hydrogen-bond donors (Lipinski definition) is 0. The first-order chi connectivity index (χ1) is 19.3. The van der Waals surface area contributed by atoms with Gasteiger partial charge in [0.1, 0.15) is 0 Å². The maximum atomic E-state index is 13.8. The molecule has 2 aromatic heterocycles. The van der Waals surface area contributed by atoms with Crippen LogP contribution in [-0.4, -0.2) is 72.4 Å². The fourth-order valence-corrected chi connectivity index (χ4v) is 6.92. The third-order valence-electron chi connectivity index (χ3n) is 6.58. The lowest BCUT2D eigenvalue weighted by molar-refractivity contribution is 0.0933. The summed E-state index contributed by atoms with van der Waals surface area (Å²) < 4.78 is 33.9. The lowest BCUT2D eigenvalue weighted by Crippen LogP contribution is -2.50. The van der Waals surface area contributed by atoms with E-state index in [1.54, 1.807) is 24.2 Å². The quantitative estimate of drug-likeness (QED) is 0.321. The van der Waals surface area contributed by atoms with Gasteiger partial charge >= 0.3 is 6.09 Å². The molecule has 2 aromatic carbocycles. The number of pyridine rings is 1.